The second kappa shape index (κ2) is 9.06. The minimum atomic E-state index is 0. The molecular formula is C3H6LiOP. The quantitative estimate of drug-likeness (QED) is 0.282. The van der Waals surface area contributed by atoms with Crippen molar-refractivity contribution in [3.8, 4) is 0 Å². The van der Waals surface area contributed by atoms with Crippen LogP contribution in [-0.4, -0.2) is 25.0 Å². The van der Waals surface area contributed by atoms with Gasteiger partial charge in [0.05, 0.1) is 0 Å². The van der Waals surface area contributed by atoms with Gasteiger partial charge in [-0.25, -0.2) is 0 Å². The number of hydrogen-bond acceptors (Lipinski definition) is 1. The summed E-state index contributed by atoms with van der Waals surface area (Å²) in [5.41, 5.74) is 0. The van der Waals surface area contributed by atoms with E-state index in [0.29, 0.717) is 6.16 Å². The topological polar surface area (TPSA) is 17.1 Å². The van der Waals surface area contributed by atoms with E-state index in [1.807, 2.05) is 0 Å². The van der Waals surface area contributed by atoms with Gasteiger partial charge in [-0.2, -0.15) is 0 Å². The van der Waals surface area contributed by atoms with Crippen molar-refractivity contribution in [2.24, 2.45) is 0 Å². The molecule has 1 nitrogen and oxygen atoms in total. The summed E-state index contributed by atoms with van der Waals surface area (Å²) < 4.78 is 9.43. The van der Waals surface area contributed by atoms with Crippen molar-refractivity contribution < 1.29 is 4.57 Å². The zero-order chi connectivity index (χ0) is 4.12. The van der Waals surface area contributed by atoms with Gasteiger partial charge in [0, 0.05) is 6.16 Å². The summed E-state index contributed by atoms with van der Waals surface area (Å²) in [5.74, 6) is 0. The van der Waals surface area contributed by atoms with E-state index >= 15 is 0 Å². The predicted octanol–water partition coefficient (Wildman–Crippen LogP) is 0.816. The second-order valence-electron chi connectivity index (χ2n) is 0.600. The molecule has 0 atom stereocenters. The van der Waals surface area contributed by atoms with Gasteiger partial charge < -0.3 is 0 Å². The Morgan fingerprint density at radius 1 is 1.83 bits per heavy atom. The molecule has 0 spiro atoms. The average molecular weight is 96.0 g/mol. The molecular weight excluding hydrogens is 89.9 g/mol. The molecule has 0 aliphatic heterocycles. The van der Waals surface area contributed by atoms with Crippen LogP contribution in [0.4, 0.5) is 0 Å². The molecule has 0 unspecified atom stereocenters. The van der Waals surface area contributed by atoms with E-state index in [2.05, 4.69) is 6.58 Å². The molecule has 0 fully saturated rings. The third-order valence-electron chi connectivity index (χ3n) is 0.204. The van der Waals surface area contributed by atoms with Gasteiger partial charge in [0.1, 0.15) is 0 Å². The van der Waals surface area contributed by atoms with Gasteiger partial charge in [0.15, 0.2) is 8.46 Å². The fourth-order valence-corrected chi connectivity index (χ4v) is 0.158. The molecule has 0 aliphatic carbocycles. The third-order valence-corrected chi connectivity index (χ3v) is 0.611. The molecule has 0 saturated carbocycles. The van der Waals surface area contributed by atoms with E-state index in [9.17, 15) is 4.57 Å². The molecule has 0 saturated heterocycles. The van der Waals surface area contributed by atoms with Gasteiger partial charge in [0.25, 0.3) is 0 Å². The summed E-state index contributed by atoms with van der Waals surface area (Å²) in [6.45, 7) is 3.34. The molecule has 0 amide bonds. The first-order valence-corrected chi connectivity index (χ1v) is 2.31. The first-order chi connectivity index (χ1) is 2.41. The van der Waals surface area contributed by atoms with Crippen molar-refractivity contribution in [3.05, 3.63) is 12.7 Å². The molecule has 0 aromatic heterocycles. The van der Waals surface area contributed by atoms with Crippen LogP contribution in [0, 0.1) is 0 Å². The molecule has 0 radical (unpaired) electrons. The summed E-state index contributed by atoms with van der Waals surface area (Å²) in [7, 11) is 0.162. The number of hydrogen-bond donors (Lipinski definition) is 0. The van der Waals surface area contributed by atoms with Crippen LogP contribution in [0.3, 0.4) is 0 Å². The molecule has 3 heteroatoms. The monoisotopic (exact) mass is 96.0 g/mol. The van der Waals surface area contributed by atoms with Gasteiger partial charge in [-0.3, -0.25) is 4.57 Å². The van der Waals surface area contributed by atoms with Gasteiger partial charge in [-0.05, 0) is 0 Å². The van der Waals surface area contributed by atoms with Crippen LogP contribution >= 0.6 is 8.46 Å². The fourth-order valence-electron chi connectivity index (χ4n) is 0.0527. The van der Waals surface area contributed by atoms with Crippen molar-refractivity contribution in [1.29, 1.82) is 0 Å². The molecule has 6 heavy (non-hydrogen) atoms. The first-order valence-electron chi connectivity index (χ1n) is 1.32. The Morgan fingerprint density at radius 3 is 2.33 bits per heavy atom. The Bertz CT molecular complexity index is 40.1. The van der Waals surface area contributed by atoms with E-state index in [0.717, 1.165) is 0 Å². The minimum absolute atomic E-state index is 0. The van der Waals surface area contributed by atoms with Crippen LogP contribution in [0.1, 0.15) is 0 Å². The molecule has 0 rings (SSSR count). The van der Waals surface area contributed by atoms with Crippen LogP contribution in [0.15, 0.2) is 12.7 Å². The predicted molar refractivity (Wildman–Crippen MR) is 29.8 cm³/mol. The Kier molecular flexibility index (Phi) is 14.6. The van der Waals surface area contributed by atoms with Crippen molar-refractivity contribution in [2.45, 2.75) is 0 Å². The summed E-state index contributed by atoms with van der Waals surface area (Å²) in [6.07, 6.45) is 2.18. The van der Waals surface area contributed by atoms with Crippen LogP contribution in [-0.2, 0) is 4.57 Å². The average Bonchev–Trinajstić information content (AvgIpc) is 1.41. The fraction of sp³-hybridized carbons (Fsp3) is 0.333. The molecule has 0 aromatic rings. The van der Waals surface area contributed by atoms with E-state index < -0.39 is 0 Å². The molecule has 0 aromatic carbocycles. The SMILES string of the molecule is C=CCP=O.[LiH]. The van der Waals surface area contributed by atoms with Crippen LogP contribution in [0.25, 0.3) is 0 Å². The van der Waals surface area contributed by atoms with E-state index in [-0.39, 0.29) is 27.3 Å². The van der Waals surface area contributed by atoms with E-state index in [1.54, 1.807) is 6.08 Å². The zero-order valence-electron chi connectivity index (χ0n) is 2.85. The number of rotatable bonds is 2. The van der Waals surface area contributed by atoms with Crippen molar-refractivity contribution in [1.82, 2.24) is 0 Å². The molecule has 30 valence electrons. The number of allylic oxidation sites excluding steroid dienone is 1. The maximum absolute atomic E-state index is 9.43. The third kappa shape index (κ3) is 8.83. The molecule has 0 bridgehead atoms. The summed E-state index contributed by atoms with van der Waals surface area (Å²) >= 11 is 0. The Balaban J connectivity index is 0. The Morgan fingerprint density at radius 2 is 2.33 bits per heavy atom. The first kappa shape index (κ1) is 9.67. The molecule has 0 aliphatic rings. The molecule has 0 N–H and O–H groups in total. The normalized spacial score (nSPS) is 6.67. The Hall–Kier alpha value is 0.437. The van der Waals surface area contributed by atoms with Crippen molar-refractivity contribution in [2.75, 3.05) is 6.16 Å². The second-order valence-corrected chi connectivity index (χ2v) is 1.22. The van der Waals surface area contributed by atoms with Gasteiger partial charge in [0.2, 0.25) is 0 Å². The molecule has 0 heterocycles. The summed E-state index contributed by atoms with van der Waals surface area (Å²) in [6, 6.07) is 0. The van der Waals surface area contributed by atoms with Crippen LogP contribution in [0.5, 0.6) is 0 Å². The standard InChI is InChI=1S/C3H5OP.Li.H/c1-2-3-5-4;;/h2H,1,3H2;;. The van der Waals surface area contributed by atoms with Gasteiger partial charge in [-0.15, -0.1) is 6.58 Å². The van der Waals surface area contributed by atoms with Gasteiger partial charge in [-0.1, -0.05) is 6.08 Å². The summed E-state index contributed by atoms with van der Waals surface area (Å²) in [4.78, 5) is 0. The van der Waals surface area contributed by atoms with E-state index in [4.69, 9.17) is 0 Å². The van der Waals surface area contributed by atoms with Crippen molar-refractivity contribution in [3.63, 3.8) is 0 Å². The van der Waals surface area contributed by atoms with Crippen LogP contribution in [0.2, 0.25) is 0 Å². The van der Waals surface area contributed by atoms with E-state index in [1.165, 1.54) is 0 Å². The summed E-state index contributed by atoms with van der Waals surface area (Å²) in [5, 5.41) is 0. The Labute approximate surface area is 51.2 Å². The maximum atomic E-state index is 9.43. The van der Waals surface area contributed by atoms with Gasteiger partial charge >= 0.3 is 18.9 Å². The van der Waals surface area contributed by atoms with Crippen molar-refractivity contribution >= 4 is 27.3 Å². The van der Waals surface area contributed by atoms with Crippen LogP contribution < -0.4 is 0 Å². The zero-order valence-corrected chi connectivity index (χ0v) is 3.74.